The SMILES string of the molecule is CC(C)CC(C)(NCC(=O)N(C)C1CC1)C(N)=O. The van der Waals surface area contributed by atoms with Gasteiger partial charge in [0, 0.05) is 13.1 Å². The summed E-state index contributed by atoms with van der Waals surface area (Å²) in [5.41, 5.74) is 4.62. The van der Waals surface area contributed by atoms with E-state index in [9.17, 15) is 9.59 Å². The van der Waals surface area contributed by atoms with Gasteiger partial charge in [0.05, 0.1) is 12.1 Å². The molecule has 1 rings (SSSR count). The normalized spacial score (nSPS) is 18.5. The van der Waals surface area contributed by atoms with Crippen LogP contribution >= 0.6 is 0 Å². The van der Waals surface area contributed by atoms with Crippen LogP contribution in [-0.4, -0.2) is 41.9 Å². The van der Waals surface area contributed by atoms with Crippen molar-refractivity contribution in [3.63, 3.8) is 0 Å². The fraction of sp³-hybridized carbons (Fsp3) is 0.846. The molecule has 0 aliphatic heterocycles. The molecule has 5 heteroatoms. The molecule has 0 bridgehead atoms. The quantitative estimate of drug-likeness (QED) is 0.695. The molecule has 3 N–H and O–H groups in total. The lowest BCUT2D eigenvalue weighted by atomic mass is 9.90. The minimum Gasteiger partial charge on any atom is -0.368 e. The number of nitrogens with one attached hydrogen (secondary N) is 1. The second-order valence-electron chi connectivity index (χ2n) is 5.88. The Balaban J connectivity index is 2.51. The topological polar surface area (TPSA) is 75.4 Å². The molecule has 5 nitrogen and oxygen atoms in total. The Morgan fingerprint density at radius 1 is 1.44 bits per heavy atom. The molecule has 2 amide bonds. The molecular formula is C13H25N3O2. The highest BCUT2D eigenvalue weighted by Crippen LogP contribution is 2.25. The minimum atomic E-state index is -0.811. The molecular weight excluding hydrogens is 230 g/mol. The van der Waals surface area contributed by atoms with Gasteiger partial charge in [0.25, 0.3) is 0 Å². The van der Waals surface area contributed by atoms with Crippen molar-refractivity contribution in [2.45, 2.75) is 51.6 Å². The first kappa shape index (κ1) is 15.0. The molecule has 0 aromatic rings. The predicted molar refractivity (Wildman–Crippen MR) is 70.8 cm³/mol. The Hall–Kier alpha value is -1.10. The summed E-state index contributed by atoms with van der Waals surface area (Å²) < 4.78 is 0. The second kappa shape index (κ2) is 5.69. The third-order valence-electron chi connectivity index (χ3n) is 3.48. The summed E-state index contributed by atoms with van der Waals surface area (Å²) in [6.45, 7) is 5.99. The molecule has 0 heterocycles. The second-order valence-corrected chi connectivity index (χ2v) is 5.88. The molecule has 1 aliphatic carbocycles. The molecule has 0 radical (unpaired) electrons. The largest absolute Gasteiger partial charge is 0.368 e. The van der Waals surface area contributed by atoms with Gasteiger partial charge in [-0.15, -0.1) is 0 Å². The Labute approximate surface area is 109 Å². The van der Waals surface area contributed by atoms with Gasteiger partial charge in [-0.3, -0.25) is 14.9 Å². The van der Waals surface area contributed by atoms with Crippen LogP contribution in [0.1, 0.15) is 40.0 Å². The summed E-state index contributed by atoms with van der Waals surface area (Å²) in [6.07, 6.45) is 2.80. The molecule has 0 spiro atoms. The number of likely N-dealkylation sites (N-methyl/N-ethyl adjacent to an activating group) is 1. The van der Waals surface area contributed by atoms with Crippen molar-refractivity contribution in [3.8, 4) is 0 Å². The van der Waals surface area contributed by atoms with E-state index in [4.69, 9.17) is 5.73 Å². The maximum atomic E-state index is 11.9. The van der Waals surface area contributed by atoms with Crippen LogP contribution in [-0.2, 0) is 9.59 Å². The average Bonchev–Trinajstić information content (AvgIpc) is 3.07. The van der Waals surface area contributed by atoms with E-state index in [1.54, 1.807) is 11.8 Å². The maximum Gasteiger partial charge on any atom is 0.237 e. The molecule has 1 fully saturated rings. The number of carbonyl (C=O) groups is 2. The Morgan fingerprint density at radius 3 is 2.39 bits per heavy atom. The smallest absolute Gasteiger partial charge is 0.237 e. The van der Waals surface area contributed by atoms with Crippen molar-refractivity contribution in [2.75, 3.05) is 13.6 Å². The zero-order chi connectivity index (χ0) is 13.9. The van der Waals surface area contributed by atoms with Gasteiger partial charge in [-0.1, -0.05) is 13.8 Å². The van der Waals surface area contributed by atoms with Crippen LogP contribution in [0, 0.1) is 5.92 Å². The van der Waals surface area contributed by atoms with Crippen molar-refractivity contribution in [1.29, 1.82) is 0 Å². The Morgan fingerprint density at radius 2 is 2.00 bits per heavy atom. The van der Waals surface area contributed by atoms with Crippen LogP contribution in [0.15, 0.2) is 0 Å². The number of rotatable bonds is 7. The maximum absolute atomic E-state index is 11.9. The molecule has 1 atom stereocenters. The molecule has 0 saturated heterocycles. The van der Waals surface area contributed by atoms with Crippen molar-refractivity contribution >= 4 is 11.8 Å². The third kappa shape index (κ3) is 3.98. The number of primary amides is 1. The Bertz CT molecular complexity index is 326. The van der Waals surface area contributed by atoms with Crippen LogP contribution in [0.3, 0.4) is 0 Å². The highest BCUT2D eigenvalue weighted by molar-refractivity contribution is 5.85. The molecule has 104 valence electrons. The van der Waals surface area contributed by atoms with Gasteiger partial charge in [0.1, 0.15) is 0 Å². The molecule has 0 aromatic heterocycles. The summed E-state index contributed by atoms with van der Waals surface area (Å²) >= 11 is 0. The fourth-order valence-electron chi connectivity index (χ4n) is 2.14. The van der Waals surface area contributed by atoms with E-state index < -0.39 is 11.4 Å². The standard InChI is InChI=1S/C13H25N3O2/c1-9(2)7-13(3,12(14)18)15-8-11(17)16(4)10-5-6-10/h9-10,15H,5-8H2,1-4H3,(H2,14,18). The van der Waals surface area contributed by atoms with Crippen LogP contribution in [0.4, 0.5) is 0 Å². The zero-order valence-electron chi connectivity index (χ0n) is 11.8. The highest BCUT2D eigenvalue weighted by atomic mass is 16.2. The average molecular weight is 255 g/mol. The van der Waals surface area contributed by atoms with E-state index in [2.05, 4.69) is 5.32 Å². The van der Waals surface area contributed by atoms with Gasteiger partial charge in [0.2, 0.25) is 11.8 Å². The lowest BCUT2D eigenvalue weighted by Crippen LogP contribution is -2.56. The van der Waals surface area contributed by atoms with Gasteiger partial charge >= 0.3 is 0 Å². The minimum absolute atomic E-state index is 0.0220. The summed E-state index contributed by atoms with van der Waals surface area (Å²) in [6, 6.07) is 0.393. The molecule has 0 aromatic carbocycles. The molecule has 1 saturated carbocycles. The third-order valence-corrected chi connectivity index (χ3v) is 3.48. The Kier molecular flexibility index (Phi) is 4.73. The first-order valence-corrected chi connectivity index (χ1v) is 6.57. The summed E-state index contributed by atoms with van der Waals surface area (Å²) in [7, 11) is 1.81. The molecule has 1 aliphatic rings. The monoisotopic (exact) mass is 255 g/mol. The number of carbonyl (C=O) groups excluding carboxylic acids is 2. The molecule has 18 heavy (non-hydrogen) atoms. The number of amides is 2. The van der Waals surface area contributed by atoms with Gasteiger partial charge in [-0.05, 0) is 32.1 Å². The summed E-state index contributed by atoms with van der Waals surface area (Å²) in [4.78, 5) is 25.2. The van der Waals surface area contributed by atoms with E-state index in [0.717, 1.165) is 12.8 Å². The van der Waals surface area contributed by atoms with Gasteiger partial charge in [-0.2, -0.15) is 0 Å². The summed E-state index contributed by atoms with van der Waals surface area (Å²) in [5, 5.41) is 3.02. The number of nitrogens with zero attached hydrogens (tertiary/aromatic N) is 1. The van der Waals surface area contributed by atoms with E-state index in [0.29, 0.717) is 18.4 Å². The number of hydrogen-bond donors (Lipinski definition) is 2. The van der Waals surface area contributed by atoms with Crippen molar-refractivity contribution in [2.24, 2.45) is 11.7 Å². The van der Waals surface area contributed by atoms with Gasteiger partial charge in [-0.25, -0.2) is 0 Å². The van der Waals surface area contributed by atoms with Crippen LogP contribution in [0.2, 0.25) is 0 Å². The van der Waals surface area contributed by atoms with Crippen LogP contribution in [0.5, 0.6) is 0 Å². The van der Waals surface area contributed by atoms with Crippen molar-refractivity contribution < 1.29 is 9.59 Å². The van der Waals surface area contributed by atoms with Gasteiger partial charge in [0.15, 0.2) is 0 Å². The summed E-state index contributed by atoms with van der Waals surface area (Å²) in [5.74, 6) is -0.0435. The van der Waals surface area contributed by atoms with Gasteiger partial charge < -0.3 is 10.6 Å². The lowest BCUT2D eigenvalue weighted by molar-refractivity contribution is -0.130. The lowest BCUT2D eigenvalue weighted by Gasteiger charge is -2.30. The fourth-order valence-corrected chi connectivity index (χ4v) is 2.14. The van der Waals surface area contributed by atoms with Crippen molar-refractivity contribution in [1.82, 2.24) is 10.2 Å². The zero-order valence-corrected chi connectivity index (χ0v) is 11.8. The van der Waals surface area contributed by atoms with Crippen LogP contribution in [0.25, 0.3) is 0 Å². The first-order valence-electron chi connectivity index (χ1n) is 6.57. The van der Waals surface area contributed by atoms with E-state index in [1.807, 2.05) is 20.9 Å². The van der Waals surface area contributed by atoms with E-state index >= 15 is 0 Å². The van der Waals surface area contributed by atoms with E-state index in [1.165, 1.54) is 0 Å². The first-order chi connectivity index (χ1) is 8.26. The molecule has 1 unspecified atom stereocenters. The highest BCUT2D eigenvalue weighted by Gasteiger charge is 2.34. The number of nitrogens with two attached hydrogens (primary N) is 1. The van der Waals surface area contributed by atoms with Crippen molar-refractivity contribution in [3.05, 3.63) is 0 Å². The van der Waals surface area contributed by atoms with E-state index in [-0.39, 0.29) is 12.5 Å². The predicted octanol–water partition coefficient (Wildman–Crippen LogP) is 0.487. The number of hydrogen-bond acceptors (Lipinski definition) is 3. The van der Waals surface area contributed by atoms with Crippen LogP contribution < -0.4 is 11.1 Å².